The van der Waals surface area contributed by atoms with Crippen molar-refractivity contribution < 1.29 is 14.7 Å². The number of carboxylic acids is 1. The van der Waals surface area contributed by atoms with E-state index in [2.05, 4.69) is 10.4 Å². The Morgan fingerprint density at radius 3 is 2.67 bits per heavy atom. The first-order valence-electron chi connectivity index (χ1n) is 5.59. The summed E-state index contributed by atoms with van der Waals surface area (Å²) in [5.41, 5.74) is 7.30. The molecular weight excluding hydrogens is 236 g/mol. The van der Waals surface area contributed by atoms with Crippen LogP contribution in [0.15, 0.2) is 6.20 Å². The smallest absolute Gasteiger partial charge is 0.305 e. The lowest BCUT2D eigenvalue weighted by molar-refractivity contribution is -0.139. The minimum Gasteiger partial charge on any atom is -0.481 e. The first-order valence-corrected chi connectivity index (χ1v) is 5.59. The Bertz CT molecular complexity index is 455. The molecule has 0 aromatic carbocycles. The molecule has 4 N–H and O–H groups in total. The van der Waals surface area contributed by atoms with Crippen LogP contribution in [0, 0.1) is 6.92 Å². The van der Waals surface area contributed by atoms with Gasteiger partial charge in [-0.3, -0.25) is 14.3 Å². The normalized spacial score (nSPS) is 14.0. The number of carbonyl (C=O) groups excluding carboxylic acids is 1. The molecule has 1 aromatic rings. The van der Waals surface area contributed by atoms with Crippen LogP contribution in [0.1, 0.15) is 30.6 Å². The van der Waals surface area contributed by atoms with Gasteiger partial charge in [-0.1, -0.05) is 0 Å². The quantitative estimate of drug-likeness (QED) is 0.668. The molecular formula is C11H18N4O3. The summed E-state index contributed by atoms with van der Waals surface area (Å²) in [6.07, 6.45) is 1.29. The average molecular weight is 254 g/mol. The standard InChI is InChI=1S/C11H18N4O3/c1-6(8-5-13-15(3)7(8)2)14-11(18)9(12)4-10(16)17/h5-6,9H,4,12H2,1-3H3,(H,14,18)(H,16,17). The van der Waals surface area contributed by atoms with Crippen molar-refractivity contribution in [3.05, 3.63) is 17.5 Å². The third kappa shape index (κ3) is 3.30. The Kier molecular flexibility index (Phi) is 4.43. The van der Waals surface area contributed by atoms with E-state index < -0.39 is 17.9 Å². The lowest BCUT2D eigenvalue weighted by Crippen LogP contribution is -2.42. The average Bonchev–Trinajstić information content (AvgIpc) is 2.58. The number of aryl methyl sites for hydroxylation is 1. The summed E-state index contributed by atoms with van der Waals surface area (Å²) < 4.78 is 1.70. The highest BCUT2D eigenvalue weighted by Crippen LogP contribution is 2.15. The highest BCUT2D eigenvalue weighted by atomic mass is 16.4. The fourth-order valence-electron chi connectivity index (χ4n) is 1.62. The number of carbonyl (C=O) groups is 2. The molecule has 2 unspecified atom stereocenters. The first-order chi connectivity index (χ1) is 8.32. The Hall–Kier alpha value is -1.89. The van der Waals surface area contributed by atoms with Crippen molar-refractivity contribution in [3.63, 3.8) is 0 Å². The Morgan fingerprint density at radius 1 is 1.61 bits per heavy atom. The number of rotatable bonds is 5. The van der Waals surface area contributed by atoms with Crippen LogP contribution < -0.4 is 11.1 Å². The van der Waals surface area contributed by atoms with Gasteiger partial charge in [0.2, 0.25) is 5.91 Å². The molecule has 0 bridgehead atoms. The fraction of sp³-hybridized carbons (Fsp3) is 0.545. The number of nitrogens with zero attached hydrogens (tertiary/aromatic N) is 2. The van der Waals surface area contributed by atoms with E-state index in [1.54, 1.807) is 17.8 Å². The second-order valence-electron chi connectivity index (χ2n) is 4.24. The number of amides is 1. The summed E-state index contributed by atoms with van der Waals surface area (Å²) in [6.45, 7) is 3.69. The molecule has 7 heteroatoms. The minimum absolute atomic E-state index is 0.258. The van der Waals surface area contributed by atoms with Crippen LogP contribution >= 0.6 is 0 Å². The number of hydrogen-bond acceptors (Lipinski definition) is 4. The van der Waals surface area contributed by atoms with E-state index in [0.717, 1.165) is 11.3 Å². The van der Waals surface area contributed by atoms with Crippen LogP contribution in [0.25, 0.3) is 0 Å². The van der Waals surface area contributed by atoms with Crippen molar-refractivity contribution >= 4 is 11.9 Å². The highest BCUT2D eigenvalue weighted by molar-refractivity contribution is 5.86. The molecule has 100 valence electrons. The molecule has 0 saturated carbocycles. The van der Waals surface area contributed by atoms with Crippen molar-refractivity contribution in [2.75, 3.05) is 0 Å². The van der Waals surface area contributed by atoms with Gasteiger partial charge >= 0.3 is 5.97 Å². The number of carboxylic acid groups (broad SMARTS) is 1. The maximum atomic E-state index is 11.7. The Labute approximate surface area is 105 Å². The second-order valence-corrected chi connectivity index (χ2v) is 4.24. The summed E-state index contributed by atoms with van der Waals surface area (Å²) >= 11 is 0. The fourth-order valence-corrected chi connectivity index (χ4v) is 1.62. The molecule has 0 saturated heterocycles. The SMILES string of the molecule is Cc1c(C(C)NC(=O)C(N)CC(=O)O)cnn1C. The molecule has 0 fully saturated rings. The van der Waals surface area contributed by atoms with Gasteiger partial charge in [0.05, 0.1) is 24.7 Å². The lowest BCUT2D eigenvalue weighted by Gasteiger charge is -2.16. The van der Waals surface area contributed by atoms with Gasteiger partial charge in [-0.25, -0.2) is 0 Å². The van der Waals surface area contributed by atoms with Gasteiger partial charge in [-0.15, -0.1) is 0 Å². The Morgan fingerprint density at radius 2 is 2.22 bits per heavy atom. The van der Waals surface area contributed by atoms with Crippen LogP contribution in [0.5, 0.6) is 0 Å². The third-order valence-corrected chi connectivity index (χ3v) is 2.83. The maximum absolute atomic E-state index is 11.7. The van der Waals surface area contributed by atoms with E-state index in [4.69, 9.17) is 10.8 Å². The minimum atomic E-state index is -1.09. The maximum Gasteiger partial charge on any atom is 0.305 e. The predicted molar refractivity (Wildman–Crippen MR) is 64.7 cm³/mol. The van der Waals surface area contributed by atoms with Crippen molar-refractivity contribution in [2.24, 2.45) is 12.8 Å². The third-order valence-electron chi connectivity index (χ3n) is 2.83. The van der Waals surface area contributed by atoms with E-state index in [1.807, 2.05) is 14.0 Å². The van der Waals surface area contributed by atoms with E-state index in [-0.39, 0.29) is 12.5 Å². The molecule has 2 atom stereocenters. The first kappa shape index (κ1) is 14.2. The summed E-state index contributed by atoms with van der Waals surface area (Å²) in [5, 5.41) is 15.3. The van der Waals surface area contributed by atoms with Gasteiger partial charge in [0.1, 0.15) is 0 Å². The second kappa shape index (κ2) is 5.63. The molecule has 0 aliphatic rings. The van der Waals surface area contributed by atoms with Crippen LogP contribution in [0.4, 0.5) is 0 Å². The molecule has 18 heavy (non-hydrogen) atoms. The summed E-state index contributed by atoms with van der Waals surface area (Å²) in [7, 11) is 1.81. The number of hydrogen-bond donors (Lipinski definition) is 3. The molecule has 1 heterocycles. The molecule has 1 rings (SSSR count). The van der Waals surface area contributed by atoms with Gasteiger partial charge in [0, 0.05) is 18.3 Å². The predicted octanol–water partition coefficient (Wildman–Crippen LogP) is -0.292. The number of aliphatic carboxylic acids is 1. The van der Waals surface area contributed by atoms with E-state index >= 15 is 0 Å². The van der Waals surface area contributed by atoms with Crippen LogP contribution in [0.2, 0.25) is 0 Å². The zero-order valence-corrected chi connectivity index (χ0v) is 10.7. The van der Waals surface area contributed by atoms with E-state index in [1.165, 1.54) is 0 Å². The van der Waals surface area contributed by atoms with Crippen molar-refractivity contribution in [1.29, 1.82) is 0 Å². The zero-order chi connectivity index (χ0) is 13.9. The topological polar surface area (TPSA) is 110 Å². The van der Waals surface area contributed by atoms with E-state index in [0.29, 0.717) is 0 Å². The molecule has 0 aliphatic heterocycles. The lowest BCUT2D eigenvalue weighted by atomic mass is 10.1. The van der Waals surface area contributed by atoms with Crippen molar-refractivity contribution in [3.8, 4) is 0 Å². The monoisotopic (exact) mass is 254 g/mol. The molecule has 0 spiro atoms. The molecule has 1 aromatic heterocycles. The molecule has 7 nitrogen and oxygen atoms in total. The van der Waals surface area contributed by atoms with Crippen molar-refractivity contribution in [2.45, 2.75) is 32.4 Å². The van der Waals surface area contributed by atoms with E-state index in [9.17, 15) is 9.59 Å². The Balaban J connectivity index is 2.65. The summed E-state index contributed by atoms with van der Waals surface area (Å²) in [6, 6.07) is -1.30. The van der Waals surface area contributed by atoms with Gasteiger partial charge in [0.25, 0.3) is 0 Å². The largest absolute Gasteiger partial charge is 0.481 e. The summed E-state index contributed by atoms with van der Waals surface area (Å²) in [4.78, 5) is 22.1. The molecule has 0 aliphatic carbocycles. The van der Waals surface area contributed by atoms with Crippen LogP contribution in [0.3, 0.4) is 0 Å². The van der Waals surface area contributed by atoms with Crippen molar-refractivity contribution in [1.82, 2.24) is 15.1 Å². The molecule has 0 radical (unpaired) electrons. The highest BCUT2D eigenvalue weighted by Gasteiger charge is 2.20. The van der Waals surface area contributed by atoms with Gasteiger partial charge in [-0.2, -0.15) is 5.10 Å². The van der Waals surface area contributed by atoms with Gasteiger partial charge < -0.3 is 16.2 Å². The van der Waals surface area contributed by atoms with Crippen LogP contribution in [-0.2, 0) is 16.6 Å². The number of nitrogens with two attached hydrogens (primary N) is 1. The van der Waals surface area contributed by atoms with Gasteiger partial charge in [-0.05, 0) is 13.8 Å². The van der Waals surface area contributed by atoms with Crippen LogP contribution in [-0.4, -0.2) is 32.8 Å². The summed E-state index contributed by atoms with van der Waals surface area (Å²) in [5.74, 6) is -1.57. The zero-order valence-electron chi connectivity index (χ0n) is 10.7. The van der Waals surface area contributed by atoms with Gasteiger partial charge in [0.15, 0.2) is 0 Å². The number of aromatic nitrogens is 2. The number of nitrogens with one attached hydrogen (secondary N) is 1. The molecule has 1 amide bonds.